The Morgan fingerprint density at radius 3 is 2.16 bits per heavy atom. The van der Waals surface area contributed by atoms with Gasteiger partial charge >= 0.3 is 0 Å². The highest BCUT2D eigenvalue weighted by atomic mass is 16.6. The van der Waals surface area contributed by atoms with E-state index in [9.17, 15) is 0 Å². The van der Waals surface area contributed by atoms with Gasteiger partial charge in [-0.15, -0.1) is 0 Å². The van der Waals surface area contributed by atoms with Gasteiger partial charge in [0.25, 0.3) is 0 Å². The first-order chi connectivity index (χ1) is 12.3. The van der Waals surface area contributed by atoms with Gasteiger partial charge in [0.2, 0.25) is 0 Å². The molecule has 3 saturated heterocycles. The highest BCUT2D eigenvalue weighted by Gasteiger charge is 2.31. The minimum atomic E-state index is 0.319. The van der Waals surface area contributed by atoms with Gasteiger partial charge in [0.15, 0.2) is 0 Å². The first-order valence-electron chi connectivity index (χ1n) is 9.04. The molecule has 25 heavy (non-hydrogen) atoms. The van der Waals surface area contributed by atoms with Crippen LogP contribution in [0, 0.1) is 0 Å². The van der Waals surface area contributed by atoms with Crippen LogP contribution >= 0.6 is 0 Å². The predicted molar refractivity (Wildman–Crippen MR) is 95.0 cm³/mol. The van der Waals surface area contributed by atoms with Crippen molar-refractivity contribution >= 4 is 16.5 Å². The quantitative estimate of drug-likeness (QED) is 0.656. The van der Waals surface area contributed by atoms with Crippen LogP contribution in [0.5, 0.6) is 0 Å². The average Bonchev–Trinajstić information content (AvgIpc) is 3.44. The van der Waals surface area contributed by atoms with Crippen LogP contribution in [-0.4, -0.2) is 57.8 Å². The van der Waals surface area contributed by atoms with Gasteiger partial charge in [-0.1, -0.05) is 18.2 Å². The molecule has 3 atom stereocenters. The maximum Gasteiger partial charge on any atom is 0.104 e. The molecular weight excluding hydrogens is 318 g/mol. The second kappa shape index (κ2) is 6.57. The van der Waals surface area contributed by atoms with E-state index in [1.165, 1.54) is 22.0 Å². The molecule has 0 aromatic heterocycles. The van der Waals surface area contributed by atoms with Gasteiger partial charge in [0.1, 0.15) is 6.10 Å². The van der Waals surface area contributed by atoms with Crippen LogP contribution in [0.3, 0.4) is 0 Å². The van der Waals surface area contributed by atoms with Crippen LogP contribution < -0.4 is 4.90 Å². The number of hydrogen-bond donors (Lipinski definition) is 0. The number of rotatable bonds is 9. The Kier molecular flexibility index (Phi) is 4.10. The second-order valence-electron chi connectivity index (χ2n) is 7.15. The molecule has 0 amide bonds. The standard InChI is InChI=1S/C20H23NO4/c1-2-16-6-17(21(7-18-11-23-18)8-19-12-24-19)4-3-15(16)5-14(1)9-22-10-20-13-25-20/h1-6,18-20H,7-13H2. The third-order valence-electron chi connectivity index (χ3n) is 4.88. The summed E-state index contributed by atoms with van der Waals surface area (Å²) in [4.78, 5) is 2.39. The van der Waals surface area contributed by atoms with Gasteiger partial charge in [0.05, 0.1) is 45.2 Å². The second-order valence-corrected chi connectivity index (χ2v) is 7.15. The van der Waals surface area contributed by atoms with Crippen LogP contribution in [-0.2, 0) is 25.6 Å². The van der Waals surface area contributed by atoms with Crippen molar-refractivity contribution in [3.63, 3.8) is 0 Å². The number of hydrogen-bond acceptors (Lipinski definition) is 5. The molecular formula is C20H23NO4. The summed E-state index contributed by atoms with van der Waals surface area (Å²) in [5.41, 5.74) is 2.45. The van der Waals surface area contributed by atoms with E-state index >= 15 is 0 Å². The van der Waals surface area contributed by atoms with Crippen molar-refractivity contribution in [3.8, 4) is 0 Å². The molecule has 3 fully saturated rings. The Morgan fingerprint density at radius 2 is 1.48 bits per heavy atom. The third kappa shape index (κ3) is 4.12. The number of nitrogens with zero attached hydrogens (tertiary/aromatic N) is 1. The van der Waals surface area contributed by atoms with Gasteiger partial charge in [-0.05, 0) is 34.5 Å². The molecule has 0 aliphatic carbocycles. The number of anilines is 1. The Labute approximate surface area is 147 Å². The van der Waals surface area contributed by atoms with Crippen LogP contribution in [0.4, 0.5) is 5.69 Å². The molecule has 5 rings (SSSR count). The van der Waals surface area contributed by atoms with Crippen LogP contribution in [0.15, 0.2) is 36.4 Å². The SMILES string of the molecule is c1cc2cc(N(CC3CO3)CC3CO3)ccc2cc1COCC1CO1. The molecule has 0 N–H and O–H groups in total. The fourth-order valence-corrected chi connectivity index (χ4v) is 3.17. The van der Waals surface area contributed by atoms with Crippen LogP contribution in [0.2, 0.25) is 0 Å². The molecule has 0 bridgehead atoms. The zero-order chi connectivity index (χ0) is 16.6. The maximum atomic E-state index is 5.69. The van der Waals surface area contributed by atoms with E-state index in [-0.39, 0.29) is 0 Å². The minimum Gasteiger partial charge on any atom is -0.374 e. The van der Waals surface area contributed by atoms with Crippen molar-refractivity contribution in [1.29, 1.82) is 0 Å². The van der Waals surface area contributed by atoms with E-state index in [1.807, 2.05) is 0 Å². The topological polar surface area (TPSA) is 50.1 Å². The number of fused-ring (bicyclic) bond motifs is 1. The lowest BCUT2D eigenvalue weighted by Gasteiger charge is -2.23. The molecule has 2 aromatic rings. The van der Waals surface area contributed by atoms with Crippen molar-refractivity contribution < 1.29 is 18.9 Å². The summed E-state index contributed by atoms with van der Waals surface area (Å²) in [7, 11) is 0. The van der Waals surface area contributed by atoms with Gasteiger partial charge in [0, 0.05) is 18.8 Å². The summed E-state index contributed by atoms with van der Waals surface area (Å²) >= 11 is 0. The van der Waals surface area contributed by atoms with Crippen molar-refractivity contribution in [2.45, 2.75) is 24.9 Å². The molecule has 3 aliphatic rings. The first kappa shape index (κ1) is 15.6. The molecule has 132 valence electrons. The molecule has 3 aliphatic heterocycles. The highest BCUT2D eigenvalue weighted by Crippen LogP contribution is 2.27. The summed E-state index contributed by atoms with van der Waals surface area (Å²) in [5, 5.41) is 2.50. The summed E-state index contributed by atoms with van der Waals surface area (Å²) in [6, 6.07) is 13.2. The third-order valence-corrected chi connectivity index (χ3v) is 4.88. The summed E-state index contributed by atoms with van der Waals surface area (Å²) in [6.45, 7) is 5.83. The molecule has 2 aromatic carbocycles. The van der Waals surface area contributed by atoms with Crippen molar-refractivity contribution in [2.24, 2.45) is 0 Å². The highest BCUT2D eigenvalue weighted by molar-refractivity contribution is 5.86. The summed E-state index contributed by atoms with van der Waals surface area (Å²) < 4.78 is 21.7. The van der Waals surface area contributed by atoms with E-state index < -0.39 is 0 Å². The Bertz CT molecular complexity index is 738. The fraction of sp³-hybridized carbons (Fsp3) is 0.500. The molecule has 0 radical (unpaired) electrons. The molecule has 0 spiro atoms. The Hall–Kier alpha value is -1.66. The van der Waals surface area contributed by atoms with E-state index in [1.54, 1.807) is 0 Å². The largest absolute Gasteiger partial charge is 0.374 e. The lowest BCUT2D eigenvalue weighted by molar-refractivity contribution is 0.104. The maximum absolute atomic E-state index is 5.69. The van der Waals surface area contributed by atoms with Crippen LogP contribution in [0.25, 0.3) is 10.8 Å². The van der Waals surface area contributed by atoms with E-state index in [4.69, 9.17) is 18.9 Å². The summed E-state index contributed by atoms with van der Waals surface area (Å²) in [6.07, 6.45) is 1.08. The lowest BCUT2D eigenvalue weighted by atomic mass is 10.1. The summed E-state index contributed by atoms with van der Waals surface area (Å²) in [5.74, 6) is 0. The molecule has 5 nitrogen and oxygen atoms in total. The van der Waals surface area contributed by atoms with E-state index in [2.05, 4.69) is 41.3 Å². The van der Waals surface area contributed by atoms with E-state index in [0.717, 1.165) is 32.9 Å². The van der Waals surface area contributed by atoms with E-state index in [0.29, 0.717) is 31.5 Å². The molecule has 5 heteroatoms. The molecule has 0 saturated carbocycles. The molecule has 3 heterocycles. The van der Waals surface area contributed by atoms with Gasteiger partial charge in [-0.3, -0.25) is 0 Å². The Morgan fingerprint density at radius 1 is 0.840 bits per heavy atom. The van der Waals surface area contributed by atoms with Crippen molar-refractivity contribution in [2.75, 3.05) is 44.4 Å². The van der Waals surface area contributed by atoms with Gasteiger partial charge < -0.3 is 23.8 Å². The zero-order valence-corrected chi connectivity index (χ0v) is 14.2. The monoisotopic (exact) mass is 341 g/mol. The van der Waals surface area contributed by atoms with Gasteiger partial charge in [-0.2, -0.15) is 0 Å². The van der Waals surface area contributed by atoms with Crippen LogP contribution in [0.1, 0.15) is 5.56 Å². The molecule has 3 unspecified atom stereocenters. The van der Waals surface area contributed by atoms with Crippen molar-refractivity contribution in [1.82, 2.24) is 0 Å². The first-order valence-corrected chi connectivity index (χ1v) is 9.04. The lowest BCUT2D eigenvalue weighted by Crippen LogP contribution is -2.31. The average molecular weight is 341 g/mol. The number of epoxide rings is 3. The number of ether oxygens (including phenoxy) is 4. The van der Waals surface area contributed by atoms with Gasteiger partial charge in [-0.25, -0.2) is 0 Å². The number of benzene rings is 2. The minimum absolute atomic E-state index is 0.319. The Balaban J connectivity index is 1.30. The smallest absolute Gasteiger partial charge is 0.104 e. The predicted octanol–water partition coefficient (Wildman–Crippen LogP) is 2.36. The zero-order valence-electron chi connectivity index (χ0n) is 14.2. The fourth-order valence-electron chi connectivity index (χ4n) is 3.17. The van der Waals surface area contributed by atoms with Crippen molar-refractivity contribution in [3.05, 3.63) is 42.0 Å². The normalized spacial score (nSPS) is 26.6.